The Hall–Kier alpha value is -1.84. The molecule has 1 aromatic carbocycles. The summed E-state index contributed by atoms with van der Waals surface area (Å²) in [4.78, 5) is 24.2. The Balaban J connectivity index is 2.70. The molecule has 0 bridgehead atoms. The zero-order valence-corrected chi connectivity index (χ0v) is 9.78. The van der Waals surface area contributed by atoms with Crippen LogP contribution in [0.2, 0.25) is 0 Å². The molecule has 4 nitrogen and oxygen atoms in total. The minimum Gasteiger partial charge on any atom is -0.359 e. The molecular weight excluding hydrogens is 204 g/mol. The van der Waals surface area contributed by atoms with Crippen LogP contribution in [0.1, 0.15) is 12.0 Å². The van der Waals surface area contributed by atoms with Crippen molar-refractivity contribution in [2.45, 2.75) is 13.3 Å². The van der Waals surface area contributed by atoms with Gasteiger partial charge in [-0.2, -0.15) is 0 Å². The SMILES string of the molecule is CNC(=O)CC(=O)N(C)c1ccc(C)cc1. The third kappa shape index (κ3) is 3.08. The largest absolute Gasteiger partial charge is 0.359 e. The van der Waals surface area contributed by atoms with Gasteiger partial charge in [0, 0.05) is 19.8 Å². The van der Waals surface area contributed by atoms with Gasteiger partial charge in [0.2, 0.25) is 11.8 Å². The van der Waals surface area contributed by atoms with Crippen LogP contribution in [-0.4, -0.2) is 25.9 Å². The molecule has 0 atom stereocenters. The van der Waals surface area contributed by atoms with E-state index in [0.29, 0.717) is 0 Å². The second kappa shape index (κ2) is 5.30. The van der Waals surface area contributed by atoms with Gasteiger partial charge in [-0.15, -0.1) is 0 Å². The molecule has 0 unspecified atom stereocenters. The molecule has 1 aromatic rings. The van der Waals surface area contributed by atoms with Crippen LogP contribution >= 0.6 is 0 Å². The molecule has 0 spiro atoms. The molecule has 1 N–H and O–H groups in total. The topological polar surface area (TPSA) is 49.4 Å². The van der Waals surface area contributed by atoms with Gasteiger partial charge in [-0.1, -0.05) is 17.7 Å². The van der Waals surface area contributed by atoms with Crippen molar-refractivity contribution in [3.05, 3.63) is 29.8 Å². The van der Waals surface area contributed by atoms with Gasteiger partial charge in [-0.05, 0) is 19.1 Å². The first-order chi connectivity index (χ1) is 7.54. The van der Waals surface area contributed by atoms with Crippen molar-refractivity contribution in [3.63, 3.8) is 0 Å². The molecule has 0 heterocycles. The third-order valence-electron chi connectivity index (χ3n) is 2.39. The lowest BCUT2D eigenvalue weighted by Crippen LogP contribution is -2.31. The van der Waals surface area contributed by atoms with Crippen LogP contribution < -0.4 is 10.2 Å². The summed E-state index contributed by atoms with van der Waals surface area (Å²) in [6.45, 7) is 1.98. The van der Waals surface area contributed by atoms with E-state index in [0.717, 1.165) is 11.3 Å². The van der Waals surface area contributed by atoms with Gasteiger partial charge in [0.25, 0.3) is 0 Å². The molecule has 0 saturated heterocycles. The lowest BCUT2D eigenvalue weighted by molar-refractivity contribution is -0.127. The first-order valence-corrected chi connectivity index (χ1v) is 5.08. The molecular formula is C12H16N2O2. The number of nitrogens with zero attached hydrogens (tertiary/aromatic N) is 1. The van der Waals surface area contributed by atoms with Crippen molar-refractivity contribution < 1.29 is 9.59 Å². The van der Waals surface area contributed by atoms with Gasteiger partial charge in [0.15, 0.2) is 0 Å². The van der Waals surface area contributed by atoms with Gasteiger partial charge < -0.3 is 10.2 Å². The van der Waals surface area contributed by atoms with Crippen molar-refractivity contribution in [2.24, 2.45) is 0 Å². The fraction of sp³-hybridized carbons (Fsp3) is 0.333. The van der Waals surface area contributed by atoms with Gasteiger partial charge in [0.05, 0.1) is 0 Å². The maximum atomic E-state index is 11.7. The number of amides is 2. The Kier molecular flexibility index (Phi) is 4.05. The monoisotopic (exact) mass is 220 g/mol. The van der Waals surface area contributed by atoms with Crippen molar-refractivity contribution >= 4 is 17.5 Å². The Labute approximate surface area is 95.3 Å². The van der Waals surface area contributed by atoms with Crippen molar-refractivity contribution in [3.8, 4) is 0 Å². The summed E-state index contributed by atoms with van der Waals surface area (Å²) in [7, 11) is 3.18. The van der Waals surface area contributed by atoms with E-state index in [1.165, 1.54) is 11.9 Å². The number of hydrogen-bond donors (Lipinski definition) is 1. The summed E-state index contributed by atoms with van der Waals surface area (Å²) in [6.07, 6.45) is -0.124. The predicted molar refractivity (Wildman–Crippen MR) is 63.3 cm³/mol. The van der Waals surface area contributed by atoms with Crippen LogP contribution in [0.4, 0.5) is 5.69 Å². The fourth-order valence-electron chi connectivity index (χ4n) is 1.26. The molecule has 0 radical (unpaired) electrons. The molecule has 0 fully saturated rings. The van der Waals surface area contributed by atoms with E-state index in [4.69, 9.17) is 0 Å². The zero-order valence-electron chi connectivity index (χ0n) is 9.78. The van der Waals surface area contributed by atoms with E-state index in [1.54, 1.807) is 7.05 Å². The van der Waals surface area contributed by atoms with Crippen molar-refractivity contribution in [2.75, 3.05) is 19.0 Å². The van der Waals surface area contributed by atoms with Gasteiger partial charge in [0.1, 0.15) is 6.42 Å². The summed E-state index contributed by atoms with van der Waals surface area (Å²) < 4.78 is 0. The molecule has 0 aliphatic rings. The second-order valence-corrected chi connectivity index (χ2v) is 3.64. The normalized spacial score (nSPS) is 9.69. The van der Waals surface area contributed by atoms with Crippen LogP contribution in [-0.2, 0) is 9.59 Å². The van der Waals surface area contributed by atoms with Crippen LogP contribution in [0.5, 0.6) is 0 Å². The predicted octanol–water partition coefficient (Wildman–Crippen LogP) is 1.09. The summed E-state index contributed by atoms with van der Waals surface area (Å²) >= 11 is 0. The van der Waals surface area contributed by atoms with E-state index < -0.39 is 0 Å². The van der Waals surface area contributed by atoms with Crippen LogP contribution in [0.15, 0.2) is 24.3 Å². The summed E-state index contributed by atoms with van der Waals surface area (Å²) in [5, 5.41) is 2.42. The summed E-state index contributed by atoms with van der Waals surface area (Å²) in [6, 6.07) is 7.58. The highest BCUT2D eigenvalue weighted by molar-refractivity contribution is 6.04. The summed E-state index contributed by atoms with van der Waals surface area (Å²) in [5.41, 5.74) is 1.93. The first kappa shape index (κ1) is 12.2. The van der Waals surface area contributed by atoms with Crippen LogP contribution in [0, 0.1) is 6.92 Å². The second-order valence-electron chi connectivity index (χ2n) is 3.64. The van der Waals surface area contributed by atoms with E-state index in [1.807, 2.05) is 31.2 Å². The third-order valence-corrected chi connectivity index (χ3v) is 2.39. The molecule has 86 valence electrons. The Morgan fingerprint density at radius 1 is 1.25 bits per heavy atom. The molecule has 2 amide bonds. The maximum Gasteiger partial charge on any atom is 0.236 e. The van der Waals surface area contributed by atoms with Gasteiger partial charge >= 0.3 is 0 Å². The zero-order chi connectivity index (χ0) is 12.1. The first-order valence-electron chi connectivity index (χ1n) is 5.08. The van der Waals surface area contributed by atoms with E-state index in [2.05, 4.69) is 5.32 Å². The molecule has 0 aromatic heterocycles. The maximum absolute atomic E-state index is 11.7. The highest BCUT2D eigenvalue weighted by Crippen LogP contribution is 2.14. The molecule has 1 rings (SSSR count). The Morgan fingerprint density at radius 3 is 2.31 bits per heavy atom. The number of rotatable bonds is 3. The highest BCUT2D eigenvalue weighted by atomic mass is 16.2. The Morgan fingerprint density at radius 2 is 1.81 bits per heavy atom. The number of hydrogen-bond acceptors (Lipinski definition) is 2. The highest BCUT2D eigenvalue weighted by Gasteiger charge is 2.13. The number of benzene rings is 1. The van der Waals surface area contributed by atoms with Crippen molar-refractivity contribution in [1.82, 2.24) is 5.32 Å². The molecule has 0 aliphatic heterocycles. The fourth-order valence-corrected chi connectivity index (χ4v) is 1.26. The van der Waals surface area contributed by atoms with Crippen molar-refractivity contribution in [1.29, 1.82) is 0 Å². The smallest absolute Gasteiger partial charge is 0.236 e. The number of carbonyl (C=O) groups excluding carboxylic acids is 2. The molecule has 0 saturated carbocycles. The number of anilines is 1. The molecule has 0 aliphatic carbocycles. The number of aryl methyl sites for hydroxylation is 1. The van der Waals surface area contributed by atoms with E-state index in [-0.39, 0.29) is 18.2 Å². The van der Waals surface area contributed by atoms with E-state index in [9.17, 15) is 9.59 Å². The lowest BCUT2D eigenvalue weighted by atomic mass is 10.2. The lowest BCUT2D eigenvalue weighted by Gasteiger charge is -2.16. The Bertz CT molecular complexity index is 385. The average Bonchev–Trinajstić information content (AvgIpc) is 2.28. The van der Waals surface area contributed by atoms with Crippen LogP contribution in [0.25, 0.3) is 0 Å². The minimum absolute atomic E-state index is 0.124. The number of nitrogens with one attached hydrogen (secondary N) is 1. The molecule has 16 heavy (non-hydrogen) atoms. The average molecular weight is 220 g/mol. The van der Waals surface area contributed by atoms with Gasteiger partial charge in [-0.3, -0.25) is 9.59 Å². The summed E-state index contributed by atoms with van der Waals surface area (Å²) in [5.74, 6) is -0.493. The quantitative estimate of drug-likeness (QED) is 0.775. The van der Waals surface area contributed by atoms with E-state index >= 15 is 0 Å². The minimum atomic E-state index is -0.274. The molecule has 4 heteroatoms. The van der Waals surface area contributed by atoms with Crippen LogP contribution in [0.3, 0.4) is 0 Å². The standard InChI is InChI=1S/C12H16N2O2/c1-9-4-6-10(7-5-9)14(3)12(16)8-11(15)13-2/h4-7H,8H2,1-3H3,(H,13,15). The number of carbonyl (C=O) groups is 2. The van der Waals surface area contributed by atoms with Gasteiger partial charge in [-0.25, -0.2) is 0 Å².